The van der Waals surface area contributed by atoms with Gasteiger partial charge < -0.3 is 24.8 Å². The van der Waals surface area contributed by atoms with Crippen LogP contribution in [0.5, 0.6) is 0 Å². The summed E-state index contributed by atoms with van der Waals surface area (Å²) in [6.07, 6.45) is 28.1. The number of aliphatic hydroxyl groups is 3. The molecule has 0 saturated carbocycles. The van der Waals surface area contributed by atoms with Gasteiger partial charge in [0.2, 0.25) is 0 Å². The Balaban J connectivity index is 3.78. The number of esters is 2. The molecule has 3 N–H and O–H groups in total. The number of hydrogen-bond acceptors (Lipinski definition) is 7. The molecule has 7 nitrogen and oxygen atoms in total. The SMILES string of the molecule is CCCCC[C@H](O)/C=C/C=C\C/C=C\C=C\[C@H](O)CCCC(=O)OC[C@H](O)COC(=O)CCCCCCCCC(C)CC. The van der Waals surface area contributed by atoms with Crippen LogP contribution in [0.4, 0.5) is 0 Å². The lowest BCUT2D eigenvalue weighted by Gasteiger charge is -2.12. The van der Waals surface area contributed by atoms with Crippen LogP contribution in [0.15, 0.2) is 48.6 Å². The summed E-state index contributed by atoms with van der Waals surface area (Å²) in [5.41, 5.74) is 0. The van der Waals surface area contributed by atoms with Crippen LogP contribution in [0.2, 0.25) is 0 Å². The normalized spacial score (nSPS) is 15.0. The fourth-order valence-electron chi connectivity index (χ4n) is 4.27. The van der Waals surface area contributed by atoms with Crippen LogP contribution in [0.3, 0.4) is 0 Å². The second kappa shape index (κ2) is 29.8. The Morgan fingerprint density at radius 3 is 1.67 bits per heavy atom. The Hall–Kier alpha value is -2.22. The Kier molecular flexibility index (Phi) is 28.3. The Bertz CT molecular complexity index is 786. The molecule has 0 aliphatic heterocycles. The molecule has 0 fully saturated rings. The van der Waals surface area contributed by atoms with Crippen LogP contribution in [0, 0.1) is 5.92 Å². The maximum atomic E-state index is 11.9. The lowest BCUT2D eigenvalue weighted by molar-refractivity contribution is -0.152. The minimum Gasteiger partial charge on any atom is -0.463 e. The highest BCUT2D eigenvalue weighted by molar-refractivity contribution is 5.69. The first-order valence-electron chi connectivity index (χ1n) is 16.8. The molecule has 0 bridgehead atoms. The summed E-state index contributed by atoms with van der Waals surface area (Å²) in [4.78, 5) is 23.8. The van der Waals surface area contributed by atoms with E-state index in [1.54, 1.807) is 18.2 Å². The van der Waals surface area contributed by atoms with E-state index in [9.17, 15) is 24.9 Å². The molecular formula is C36H62O7. The molecule has 0 spiro atoms. The zero-order chi connectivity index (χ0) is 32.0. The van der Waals surface area contributed by atoms with Gasteiger partial charge in [-0.2, -0.15) is 0 Å². The summed E-state index contributed by atoms with van der Waals surface area (Å²) in [7, 11) is 0. The van der Waals surface area contributed by atoms with Gasteiger partial charge in [0.15, 0.2) is 0 Å². The first-order valence-corrected chi connectivity index (χ1v) is 16.8. The van der Waals surface area contributed by atoms with Crippen molar-refractivity contribution in [3.05, 3.63) is 48.6 Å². The van der Waals surface area contributed by atoms with Gasteiger partial charge >= 0.3 is 11.9 Å². The summed E-state index contributed by atoms with van der Waals surface area (Å²) >= 11 is 0. The highest BCUT2D eigenvalue weighted by atomic mass is 16.6. The Morgan fingerprint density at radius 1 is 0.628 bits per heavy atom. The van der Waals surface area contributed by atoms with E-state index in [-0.39, 0.29) is 31.7 Å². The van der Waals surface area contributed by atoms with Gasteiger partial charge in [0.05, 0.1) is 12.2 Å². The number of carbonyl (C=O) groups is 2. The minimum atomic E-state index is -1.05. The largest absolute Gasteiger partial charge is 0.463 e. The third-order valence-electron chi connectivity index (χ3n) is 7.32. The van der Waals surface area contributed by atoms with Gasteiger partial charge in [-0.3, -0.25) is 9.59 Å². The molecule has 0 radical (unpaired) electrons. The van der Waals surface area contributed by atoms with Gasteiger partial charge in [-0.25, -0.2) is 0 Å². The van der Waals surface area contributed by atoms with E-state index in [1.165, 1.54) is 32.1 Å². The number of carbonyl (C=O) groups excluding carboxylic acids is 2. The molecule has 0 aliphatic rings. The number of allylic oxidation sites excluding steroid dienone is 6. The van der Waals surface area contributed by atoms with E-state index in [0.29, 0.717) is 19.3 Å². The number of ether oxygens (including phenoxy) is 2. The van der Waals surface area contributed by atoms with E-state index in [2.05, 4.69) is 20.8 Å². The number of rotatable bonds is 28. The highest BCUT2D eigenvalue weighted by Crippen LogP contribution is 2.14. The van der Waals surface area contributed by atoms with Crippen molar-refractivity contribution in [1.29, 1.82) is 0 Å². The second-order valence-electron chi connectivity index (χ2n) is 11.6. The van der Waals surface area contributed by atoms with Gasteiger partial charge in [-0.1, -0.05) is 134 Å². The van der Waals surface area contributed by atoms with E-state index in [0.717, 1.165) is 57.3 Å². The molecule has 7 heteroatoms. The number of aliphatic hydroxyl groups excluding tert-OH is 3. The topological polar surface area (TPSA) is 113 Å². The van der Waals surface area contributed by atoms with Crippen LogP contribution in [-0.4, -0.2) is 58.8 Å². The lowest BCUT2D eigenvalue weighted by atomic mass is 10.00. The average Bonchev–Trinajstić information content (AvgIpc) is 2.99. The van der Waals surface area contributed by atoms with Crippen molar-refractivity contribution in [1.82, 2.24) is 0 Å². The first kappa shape index (κ1) is 40.8. The second-order valence-corrected chi connectivity index (χ2v) is 11.6. The molecule has 0 aromatic carbocycles. The smallest absolute Gasteiger partial charge is 0.305 e. The molecule has 0 saturated heterocycles. The van der Waals surface area contributed by atoms with Crippen molar-refractivity contribution >= 4 is 11.9 Å². The van der Waals surface area contributed by atoms with Gasteiger partial charge in [0.25, 0.3) is 0 Å². The Labute approximate surface area is 262 Å². The molecule has 0 rings (SSSR count). The molecular weight excluding hydrogens is 544 g/mol. The van der Waals surface area contributed by atoms with Crippen molar-refractivity contribution in [3.63, 3.8) is 0 Å². The highest BCUT2D eigenvalue weighted by Gasteiger charge is 2.12. The van der Waals surface area contributed by atoms with Crippen molar-refractivity contribution in [2.24, 2.45) is 5.92 Å². The van der Waals surface area contributed by atoms with E-state index >= 15 is 0 Å². The summed E-state index contributed by atoms with van der Waals surface area (Å²) < 4.78 is 10.2. The minimum absolute atomic E-state index is 0.135. The van der Waals surface area contributed by atoms with E-state index in [4.69, 9.17) is 9.47 Å². The summed E-state index contributed by atoms with van der Waals surface area (Å²) in [5, 5.41) is 29.8. The summed E-state index contributed by atoms with van der Waals surface area (Å²) in [6.45, 7) is 6.26. The zero-order valence-corrected chi connectivity index (χ0v) is 27.3. The number of unbranched alkanes of at least 4 members (excludes halogenated alkanes) is 7. The van der Waals surface area contributed by atoms with Gasteiger partial charge in [-0.15, -0.1) is 0 Å². The maximum absolute atomic E-state index is 11.9. The van der Waals surface area contributed by atoms with Gasteiger partial charge in [-0.05, 0) is 38.0 Å². The van der Waals surface area contributed by atoms with Crippen LogP contribution in [0.25, 0.3) is 0 Å². The molecule has 43 heavy (non-hydrogen) atoms. The lowest BCUT2D eigenvalue weighted by Crippen LogP contribution is -2.25. The Morgan fingerprint density at radius 2 is 1.12 bits per heavy atom. The quantitative estimate of drug-likeness (QED) is 0.0475. The van der Waals surface area contributed by atoms with Crippen LogP contribution < -0.4 is 0 Å². The molecule has 248 valence electrons. The van der Waals surface area contributed by atoms with Crippen molar-refractivity contribution < 1.29 is 34.4 Å². The fourth-order valence-corrected chi connectivity index (χ4v) is 4.27. The molecule has 0 aromatic heterocycles. The molecule has 1 unspecified atom stereocenters. The third-order valence-corrected chi connectivity index (χ3v) is 7.32. The number of hydrogen-bond donors (Lipinski definition) is 3. The maximum Gasteiger partial charge on any atom is 0.305 e. The summed E-state index contributed by atoms with van der Waals surface area (Å²) in [6, 6.07) is 0. The molecule has 0 heterocycles. The van der Waals surface area contributed by atoms with Crippen LogP contribution >= 0.6 is 0 Å². The average molecular weight is 607 g/mol. The van der Waals surface area contributed by atoms with Gasteiger partial charge in [0.1, 0.15) is 19.3 Å². The van der Waals surface area contributed by atoms with Crippen molar-refractivity contribution in [2.45, 2.75) is 148 Å². The first-order chi connectivity index (χ1) is 20.8. The fraction of sp³-hybridized carbons (Fsp3) is 0.722. The summed E-state index contributed by atoms with van der Waals surface area (Å²) in [5.74, 6) is 0.0146. The molecule has 4 atom stereocenters. The van der Waals surface area contributed by atoms with Crippen LogP contribution in [-0.2, 0) is 19.1 Å². The van der Waals surface area contributed by atoms with Crippen molar-refractivity contribution in [3.8, 4) is 0 Å². The van der Waals surface area contributed by atoms with E-state index < -0.39 is 18.2 Å². The predicted molar refractivity (Wildman–Crippen MR) is 175 cm³/mol. The van der Waals surface area contributed by atoms with E-state index in [1.807, 2.05) is 30.4 Å². The predicted octanol–water partition coefficient (Wildman–Crippen LogP) is 7.69. The molecule has 0 aliphatic carbocycles. The van der Waals surface area contributed by atoms with Crippen LogP contribution in [0.1, 0.15) is 130 Å². The zero-order valence-electron chi connectivity index (χ0n) is 27.3. The standard InChI is InChI=1S/C36H62O7/c1-4-6-16-23-32(37)24-18-13-8-7-9-14-19-25-33(38)26-21-28-36(41)43-30-34(39)29-42-35(40)27-20-15-11-10-12-17-22-31(3)5-2/h8-9,13-14,18-19,24-25,31-34,37-39H,4-7,10-12,15-17,20-23,26-30H2,1-3H3/b13-8-,14-9-,24-18+,25-19+/t31?,32-,33-,34+/m0/s1. The van der Waals surface area contributed by atoms with Crippen molar-refractivity contribution in [2.75, 3.05) is 13.2 Å². The molecule has 0 amide bonds. The van der Waals surface area contributed by atoms with Gasteiger partial charge in [0, 0.05) is 12.8 Å². The monoisotopic (exact) mass is 606 g/mol. The third kappa shape index (κ3) is 29.6. The molecule has 0 aromatic rings.